The highest BCUT2D eigenvalue weighted by Gasteiger charge is 2.21. The normalized spacial score (nSPS) is 17.7. The number of thiazole rings is 1. The number of likely N-dealkylation sites (tertiary alicyclic amines) is 1. The molecule has 2 heterocycles. The highest BCUT2D eigenvalue weighted by atomic mass is 32.1. The molecule has 2 aromatic rings. The Morgan fingerprint density at radius 1 is 1.31 bits per heavy atom. The van der Waals surface area contributed by atoms with Crippen molar-refractivity contribution in [1.82, 2.24) is 15.2 Å². The minimum Gasteiger partial charge on any atom is -0.350 e. The van der Waals surface area contributed by atoms with Crippen LogP contribution >= 0.6 is 11.3 Å². The first-order chi connectivity index (χ1) is 12.6. The second-order valence-corrected chi connectivity index (χ2v) is 7.52. The van der Waals surface area contributed by atoms with E-state index in [1.807, 2.05) is 6.07 Å². The molecule has 2 N–H and O–H groups in total. The first-order valence-electron chi connectivity index (χ1n) is 8.88. The third-order valence-electron chi connectivity index (χ3n) is 4.42. The number of nitrogens with one attached hydrogen (secondary N) is 2. The largest absolute Gasteiger partial charge is 0.350 e. The van der Waals surface area contributed by atoms with Crippen LogP contribution in [0, 0.1) is 5.92 Å². The van der Waals surface area contributed by atoms with Crippen molar-refractivity contribution in [1.29, 1.82) is 0 Å². The Morgan fingerprint density at radius 3 is 2.88 bits per heavy atom. The SMILES string of the molecule is CC(=O)Nc1nc(C(=O)NCC2CCCN(Cc3ccccc3)C2)cs1. The summed E-state index contributed by atoms with van der Waals surface area (Å²) in [4.78, 5) is 29.9. The molecule has 0 saturated carbocycles. The molecule has 2 amide bonds. The fourth-order valence-electron chi connectivity index (χ4n) is 3.22. The molecule has 3 rings (SSSR count). The smallest absolute Gasteiger partial charge is 0.270 e. The monoisotopic (exact) mass is 372 g/mol. The van der Waals surface area contributed by atoms with E-state index in [-0.39, 0.29) is 11.8 Å². The third kappa shape index (κ3) is 5.37. The number of anilines is 1. The third-order valence-corrected chi connectivity index (χ3v) is 5.18. The van der Waals surface area contributed by atoms with Gasteiger partial charge in [-0.15, -0.1) is 11.3 Å². The quantitative estimate of drug-likeness (QED) is 0.818. The minimum absolute atomic E-state index is 0.182. The number of amides is 2. The van der Waals surface area contributed by atoms with Gasteiger partial charge in [0.1, 0.15) is 5.69 Å². The predicted octanol–water partition coefficient (Wildman–Crippen LogP) is 2.74. The van der Waals surface area contributed by atoms with Crippen molar-refractivity contribution < 1.29 is 9.59 Å². The lowest BCUT2D eigenvalue weighted by Crippen LogP contribution is -2.40. The van der Waals surface area contributed by atoms with Crippen molar-refractivity contribution in [2.75, 3.05) is 25.0 Å². The van der Waals surface area contributed by atoms with Crippen LogP contribution in [0.5, 0.6) is 0 Å². The van der Waals surface area contributed by atoms with Gasteiger partial charge in [0.2, 0.25) is 5.91 Å². The molecule has 0 bridgehead atoms. The summed E-state index contributed by atoms with van der Waals surface area (Å²) in [6.45, 7) is 5.12. The average molecular weight is 372 g/mol. The zero-order chi connectivity index (χ0) is 18.4. The standard InChI is InChI=1S/C19H24N4O2S/c1-14(24)21-19-22-17(13-26-19)18(25)20-10-16-8-5-9-23(12-16)11-15-6-3-2-4-7-15/h2-4,6-7,13,16H,5,8-12H2,1H3,(H,20,25)(H,21,22,24). The second kappa shape index (κ2) is 8.91. The van der Waals surface area contributed by atoms with Gasteiger partial charge in [-0.3, -0.25) is 14.5 Å². The van der Waals surface area contributed by atoms with Gasteiger partial charge in [0.15, 0.2) is 5.13 Å². The summed E-state index contributed by atoms with van der Waals surface area (Å²) < 4.78 is 0. The van der Waals surface area contributed by atoms with E-state index in [1.165, 1.54) is 23.8 Å². The van der Waals surface area contributed by atoms with Crippen molar-refractivity contribution in [2.24, 2.45) is 5.92 Å². The molecule has 0 spiro atoms. The number of rotatable bonds is 6. The molecular weight excluding hydrogens is 348 g/mol. The summed E-state index contributed by atoms with van der Waals surface area (Å²) in [5, 5.41) is 7.70. The van der Waals surface area contributed by atoms with Crippen LogP contribution in [0.4, 0.5) is 5.13 Å². The van der Waals surface area contributed by atoms with Crippen molar-refractivity contribution >= 4 is 28.3 Å². The molecule has 1 aromatic heterocycles. The van der Waals surface area contributed by atoms with Crippen LogP contribution in [0.25, 0.3) is 0 Å². The molecule has 1 atom stereocenters. The Hall–Kier alpha value is -2.25. The molecule has 1 aliphatic heterocycles. The maximum Gasteiger partial charge on any atom is 0.270 e. The van der Waals surface area contributed by atoms with E-state index in [2.05, 4.69) is 44.8 Å². The first-order valence-corrected chi connectivity index (χ1v) is 9.75. The summed E-state index contributed by atoms with van der Waals surface area (Å²) in [6, 6.07) is 10.5. The van der Waals surface area contributed by atoms with Gasteiger partial charge in [-0.05, 0) is 30.9 Å². The number of nitrogens with zero attached hydrogens (tertiary/aromatic N) is 2. The van der Waals surface area contributed by atoms with Crippen LogP contribution in [-0.2, 0) is 11.3 Å². The lowest BCUT2D eigenvalue weighted by atomic mass is 9.97. The van der Waals surface area contributed by atoms with Gasteiger partial charge >= 0.3 is 0 Å². The van der Waals surface area contributed by atoms with Gasteiger partial charge in [-0.25, -0.2) is 4.98 Å². The van der Waals surface area contributed by atoms with Gasteiger partial charge in [-0.2, -0.15) is 0 Å². The van der Waals surface area contributed by atoms with Gasteiger partial charge in [-0.1, -0.05) is 30.3 Å². The Labute approximate surface area is 157 Å². The maximum absolute atomic E-state index is 12.3. The molecule has 1 saturated heterocycles. The summed E-state index contributed by atoms with van der Waals surface area (Å²) >= 11 is 1.26. The van der Waals surface area contributed by atoms with Crippen molar-refractivity contribution in [2.45, 2.75) is 26.3 Å². The molecule has 7 heteroatoms. The molecule has 0 radical (unpaired) electrons. The van der Waals surface area contributed by atoms with E-state index < -0.39 is 0 Å². The zero-order valence-corrected chi connectivity index (χ0v) is 15.7. The van der Waals surface area contributed by atoms with E-state index in [1.54, 1.807) is 5.38 Å². The van der Waals surface area contributed by atoms with Crippen molar-refractivity contribution in [3.05, 3.63) is 47.0 Å². The van der Waals surface area contributed by atoms with Crippen LogP contribution < -0.4 is 10.6 Å². The fraction of sp³-hybridized carbons (Fsp3) is 0.421. The number of carbonyl (C=O) groups excluding carboxylic acids is 2. The van der Waals surface area contributed by atoms with Gasteiger partial charge in [0.25, 0.3) is 5.91 Å². The molecule has 1 fully saturated rings. The van der Waals surface area contributed by atoms with Crippen molar-refractivity contribution in [3.8, 4) is 0 Å². The van der Waals surface area contributed by atoms with Crippen LogP contribution in [-0.4, -0.2) is 41.3 Å². The lowest BCUT2D eigenvalue weighted by Gasteiger charge is -2.32. The number of benzene rings is 1. The molecule has 26 heavy (non-hydrogen) atoms. The molecular formula is C19H24N4O2S. The van der Waals surface area contributed by atoms with E-state index in [9.17, 15) is 9.59 Å². The molecule has 0 aliphatic carbocycles. The zero-order valence-electron chi connectivity index (χ0n) is 14.9. The number of hydrogen-bond acceptors (Lipinski definition) is 5. The van der Waals surface area contributed by atoms with Gasteiger partial charge in [0.05, 0.1) is 0 Å². The van der Waals surface area contributed by atoms with Crippen LogP contribution in [0.3, 0.4) is 0 Å². The highest BCUT2D eigenvalue weighted by Crippen LogP contribution is 2.19. The summed E-state index contributed by atoms with van der Waals surface area (Å²) in [7, 11) is 0. The molecule has 1 aliphatic rings. The summed E-state index contributed by atoms with van der Waals surface area (Å²) in [5.74, 6) is 0.0786. The van der Waals surface area contributed by atoms with E-state index in [0.717, 1.165) is 32.5 Å². The Morgan fingerprint density at radius 2 is 2.12 bits per heavy atom. The van der Waals surface area contributed by atoms with Crippen LogP contribution in [0.1, 0.15) is 35.8 Å². The Bertz CT molecular complexity index is 747. The van der Waals surface area contributed by atoms with Crippen LogP contribution in [0.2, 0.25) is 0 Å². The number of piperidine rings is 1. The Balaban J connectivity index is 1.47. The number of carbonyl (C=O) groups is 2. The van der Waals surface area contributed by atoms with Gasteiger partial charge in [0, 0.05) is 31.9 Å². The first kappa shape index (κ1) is 18.5. The summed E-state index contributed by atoms with van der Waals surface area (Å²) in [5.41, 5.74) is 1.68. The predicted molar refractivity (Wildman–Crippen MR) is 103 cm³/mol. The topological polar surface area (TPSA) is 74.3 Å². The van der Waals surface area contributed by atoms with E-state index in [4.69, 9.17) is 0 Å². The Kier molecular flexibility index (Phi) is 6.35. The molecule has 1 aromatic carbocycles. The summed E-state index contributed by atoms with van der Waals surface area (Å²) in [6.07, 6.45) is 2.27. The highest BCUT2D eigenvalue weighted by molar-refractivity contribution is 7.14. The van der Waals surface area contributed by atoms with Gasteiger partial charge < -0.3 is 10.6 Å². The van der Waals surface area contributed by atoms with Crippen LogP contribution in [0.15, 0.2) is 35.7 Å². The molecule has 1 unspecified atom stereocenters. The number of aromatic nitrogens is 1. The van der Waals surface area contributed by atoms with Crippen molar-refractivity contribution in [3.63, 3.8) is 0 Å². The second-order valence-electron chi connectivity index (χ2n) is 6.66. The minimum atomic E-state index is -0.188. The van der Waals surface area contributed by atoms with E-state index in [0.29, 0.717) is 23.3 Å². The van der Waals surface area contributed by atoms with E-state index >= 15 is 0 Å². The lowest BCUT2D eigenvalue weighted by molar-refractivity contribution is -0.114. The molecule has 6 nitrogen and oxygen atoms in total. The number of hydrogen-bond donors (Lipinski definition) is 2. The fourth-order valence-corrected chi connectivity index (χ4v) is 3.95. The maximum atomic E-state index is 12.3. The molecule has 138 valence electrons. The average Bonchev–Trinajstić information content (AvgIpc) is 3.09.